The number of amides is 1. The van der Waals surface area contributed by atoms with E-state index in [2.05, 4.69) is 5.32 Å². The first-order chi connectivity index (χ1) is 12.7. The van der Waals surface area contributed by atoms with Gasteiger partial charge in [-0.15, -0.1) is 0 Å². The van der Waals surface area contributed by atoms with Gasteiger partial charge in [-0.3, -0.25) is 9.69 Å². The lowest BCUT2D eigenvalue weighted by Gasteiger charge is -2.38. The third-order valence-corrected chi connectivity index (χ3v) is 4.65. The first-order valence-electron chi connectivity index (χ1n) is 8.57. The molecule has 1 atom stereocenters. The number of fused-ring (bicyclic) bond motifs is 1. The lowest BCUT2D eigenvalue weighted by molar-refractivity contribution is 0.0975. The maximum Gasteiger partial charge on any atom is 0.262 e. The summed E-state index contributed by atoms with van der Waals surface area (Å²) in [7, 11) is 1.64. The second-order valence-electron chi connectivity index (χ2n) is 6.38. The number of para-hydroxylation sites is 1. The van der Waals surface area contributed by atoms with Gasteiger partial charge in [0, 0.05) is 11.4 Å². The van der Waals surface area contributed by atoms with Gasteiger partial charge >= 0.3 is 0 Å². The molecular formula is C22H20N2O2. The summed E-state index contributed by atoms with van der Waals surface area (Å²) >= 11 is 0. The molecule has 0 spiro atoms. The molecule has 0 saturated carbocycles. The quantitative estimate of drug-likeness (QED) is 0.744. The number of hydrogen-bond donors (Lipinski definition) is 1. The normalized spacial score (nSPS) is 16.0. The summed E-state index contributed by atoms with van der Waals surface area (Å²) in [5.41, 5.74) is 4.49. The van der Waals surface area contributed by atoms with Crippen molar-refractivity contribution in [2.45, 2.75) is 13.1 Å². The van der Waals surface area contributed by atoms with Crippen LogP contribution in [0.2, 0.25) is 0 Å². The molecule has 1 N–H and O–H groups in total. The average molecular weight is 344 g/mol. The first kappa shape index (κ1) is 16.2. The summed E-state index contributed by atoms with van der Waals surface area (Å²) in [6, 6.07) is 23.4. The molecule has 0 bridgehead atoms. The minimum Gasteiger partial charge on any atom is -0.497 e. The van der Waals surface area contributed by atoms with Gasteiger partial charge in [0.25, 0.3) is 5.91 Å². The second-order valence-corrected chi connectivity index (χ2v) is 6.38. The number of nitrogens with zero attached hydrogens (tertiary/aromatic N) is 1. The zero-order chi connectivity index (χ0) is 18.1. The van der Waals surface area contributed by atoms with Crippen molar-refractivity contribution in [3.63, 3.8) is 0 Å². The predicted octanol–water partition coefficient (Wildman–Crippen LogP) is 4.77. The minimum absolute atomic E-state index is 0.0176. The van der Waals surface area contributed by atoms with E-state index in [1.165, 1.54) is 0 Å². The molecule has 4 rings (SSSR count). The van der Waals surface area contributed by atoms with Gasteiger partial charge in [0.1, 0.15) is 11.9 Å². The fourth-order valence-electron chi connectivity index (χ4n) is 3.27. The van der Waals surface area contributed by atoms with Crippen LogP contribution in [0.15, 0.2) is 72.8 Å². The number of ether oxygens (including phenoxy) is 1. The molecule has 1 amide bonds. The number of carbonyl (C=O) groups excluding carboxylic acids is 1. The molecule has 130 valence electrons. The van der Waals surface area contributed by atoms with E-state index in [4.69, 9.17) is 4.74 Å². The van der Waals surface area contributed by atoms with E-state index in [1.54, 1.807) is 12.0 Å². The first-order valence-corrected chi connectivity index (χ1v) is 8.57. The van der Waals surface area contributed by atoms with Crippen molar-refractivity contribution in [3.05, 3.63) is 89.5 Å². The van der Waals surface area contributed by atoms with E-state index in [0.29, 0.717) is 5.56 Å². The number of aryl methyl sites for hydroxylation is 1. The zero-order valence-electron chi connectivity index (χ0n) is 14.8. The molecule has 1 aliphatic heterocycles. The van der Waals surface area contributed by atoms with Crippen LogP contribution in [0, 0.1) is 6.92 Å². The molecule has 4 heteroatoms. The van der Waals surface area contributed by atoms with Gasteiger partial charge in [0.05, 0.1) is 12.7 Å². The highest BCUT2D eigenvalue weighted by Gasteiger charge is 2.34. The van der Waals surface area contributed by atoms with Crippen molar-refractivity contribution in [2.24, 2.45) is 0 Å². The van der Waals surface area contributed by atoms with Crippen LogP contribution >= 0.6 is 0 Å². The molecular weight excluding hydrogens is 324 g/mol. The minimum atomic E-state index is -0.310. The third-order valence-electron chi connectivity index (χ3n) is 4.65. The van der Waals surface area contributed by atoms with Crippen LogP contribution in [0.3, 0.4) is 0 Å². The summed E-state index contributed by atoms with van der Waals surface area (Å²) < 4.78 is 5.37. The molecule has 3 aromatic rings. The Morgan fingerprint density at radius 1 is 0.962 bits per heavy atom. The second kappa shape index (κ2) is 6.56. The van der Waals surface area contributed by atoms with Crippen molar-refractivity contribution in [3.8, 4) is 5.75 Å². The van der Waals surface area contributed by atoms with Crippen LogP contribution in [0.25, 0.3) is 0 Å². The predicted molar refractivity (Wildman–Crippen MR) is 104 cm³/mol. The van der Waals surface area contributed by atoms with Gasteiger partial charge in [-0.2, -0.15) is 0 Å². The molecule has 0 aliphatic carbocycles. The Morgan fingerprint density at radius 2 is 1.73 bits per heavy atom. The van der Waals surface area contributed by atoms with Gasteiger partial charge in [-0.25, -0.2) is 0 Å². The summed E-state index contributed by atoms with van der Waals surface area (Å²) in [6.45, 7) is 2.04. The summed E-state index contributed by atoms with van der Waals surface area (Å²) in [4.78, 5) is 15.1. The average Bonchev–Trinajstić information content (AvgIpc) is 2.69. The third kappa shape index (κ3) is 2.80. The van der Waals surface area contributed by atoms with Crippen molar-refractivity contribution in [1.82, 2.24) is 0 Å². The van der Waals surface area contributed by atoms with Crippen molar-refractivity contribution in [2.75, 3.05) is 17.3 Å². The number of carbonyl (C=O) groups is 1. The Bertz CT molecular complexity index is 950. The molecule has 0 aromatic heterocycles. The number of methoxy groups -OCH3 is 1. The molecule has 26 heavy (non-hydrogen) atoms. The number of rotatable bonds is 3. The standard InChI is InChI=1S/C22H20N2O2/c1-15-10-12-17(13-11-15)24-21(16-6-5-7-18(14-16)26-2)23-20-9-4-3-8-19(20)22(24)25/h3-14,21,23H,1-2H3. The highest BCUT2D eigenvalue weighted by molar-refractivity contribution is 6.12. The Hall–Kier alpha value is -3.27. The Morgan fingerprint density at radius 3 is 2.50 bits per heavy atom. The van der Waals surface area contributed by atoms with E-state index in [1.807, 2.05) is 79.7 Å². The van der Waals surface area contributed by atoms with Crippen LogP contribution < -0.4 is 15.0 Å². The van der Waals surface area contributed by atoms with Crippen molar-refractivity contribution in [1.29, 1.82) is 0 Å². The van der Waals surface area contributed by atoms with Gasteiger partial charge in [0.2, 0.25) is 0 Å². The Labute approximate surface area is 153 Å². The Kier molecular flexibility index (Phi) is 4.09. The van der Waals surface area contributed by atoms with Crippen molar-refractivity contribution >= 4 is 17.3 Å². The highest BCUT2D eigenvalue weighted by atomic mass is 16.5. The van der Waals surface area contributed by atoms with Crippen molar-refractivity contribution < 1.29 is 9.53 Å². The number of anilines is 2. The maximum absolute atomic E-state index is 13.3. The van der Waals surface area contributed by atoms with Crippen LogP contribution in [-0.2, 0) is 0 Å². The van der Waals surface area contributed by atoms with E-state index in [0.717, 1.165) is 28.3 Å². The lowest BCUT2D eigenvalue weighted by atomic mass is 10.0. The molecule has 1 unspecified atom stereocenters. The smallest absolute Gasteiger partial charge is 0.262 e. The number of nitrogens with one attached hydrogen (secondary N) is 1. The lowest BCUT2D eigenvalue weighted by Crippen LogP contribution is -2.43. The summed E-state index contributed by atoms with van der Waals surface area (Å²) in [5, 5.41) is 3.51. The fourth-order valence-corrected chi connectivity index (χ4v) is 3.27. The van der Waals surface area contributed by atoms with E-state index >= 15 is 0 Å². The number of hydrogen-bond acceptors (Lipinski definition) is 3. The Balaban J connectivity index is 1.85. The largest absolute Gasteiger partial charge is 0.497 e. The maximum atomic E-state index is 13.3. The van der Waals surface area contributed by atoms with Gasteiger partial charge in [-0.1, -0.05) is 42.0 Å². The molecule has 4 nitrogen and oxygen atoms in total. The van der Waals surface area contributed by atoms with Gasteiger partial charge in [-0.05, 0) is 48.9 Å². The molecule has 1 heterocycles. The van der Waals surface area contributed by atoms with E-state index < -0.39 is 0 Å². The molecule has 0 radical (unpaired) electrons. The zero-order valence-corrected chi connectivity index (χ0v) is 14.8. The fraction of sp³-hybridized carbons (Fsp3) is 0.136. The van der Waals surface area contributed by atoms with E-state index in [-0.39, 0.29) is 12.1 Å². The topological polar surface area (TPSA) is 41.6 Å². The van der Waals surface area contributed by atoms with Crippen LogP contribution in [-0.4, -0.2) is 13.0 Å². The van der Waals surface area contributed by atoms with Crippen LogP contribution in [0.1, 0.15) is 27.7 Å². The molecule has 0 fully saturated rings. The highest BCUT2D eigenvalue weighted by Crippen LogP contribution is 2.37. The van der Waals surface area contributed by atoms with Crippen LogP contribution in [0.5, 0.6) is 5.75 Å². The monoisotopic (exact) mass is 344 g/mol. The van der Waals surface area contributed by atoms with Gasteiger partial charge in [0.15, 0.2) is 0 Å². The van der Waals surface area contributed by atoms with E-state index in [9.17, 15) is 4.79 Å². The molecule has 0 saturated heterocycles. The SMILES string of the molecule is COc1cccc(C2Nc3ccccc3C(=O)N2c2ccc(C)cc2)c1. The summed E-state index contributed by atoms with van der Waals surface area (Å²) in [5.74, 6) is 0.746. The molecule has 1 aliphatic rings. The number of benzene rings is 3. The summed E-state index contributed by atoms with van der Waals surface area (Å²) in [6.07, 6.45) is -0.310. The van der Waals surface area contributed by atoms with Crippen LogP contribution in [0.4, 0.5) is 11.4 Å². The molecule has 3 aromatic carbocycles. The van der Waals surface area contributed by atoms with Gasteiger partial charge < -0.3 is 10.1 Å².